The number of likely N-dealkylation sites (tertiary alicyclic amines) is 1. The minimum absolute atomic E-state index is 0.388. The molecule has 1 amide bonds. The molecule has 0 aromatic carbocycles. The van der Waals surface area contributed by atoms with Crippen molar-refractivity contribution in [1.82, 2.24) is 10.2 Å². The summed E-state index contributed by atoms with van der Waals surface area (Å²) in [6, 6.07) is 0.644. The van der Waals surface area contributed by atoms with Crippen LogP contribution < -0.4 is 5.32 Å². The van der Waals surface area contributed by atoms with E-state index in [9.17, 15) is 4.79 Å². The molecule has 19 heavy (non-hydrogen) atoms. The van der Waals surface area contributed by atoms with Gasteiger partial charge in [-0.3, -0.25) is 4.79 Å². The molecule has 0 spiro atoms. The molecular formula is C16H30N2O. The highest BCUT2D eigenvalue weighted by atomic mass is 16.2. The molecule has 0 bridgehead atoms. The first-order valence-corrected chi connectivity index (χ1v) is 8.18. The SMILES string of the molecule is CC(C)C1CCC(=O)N(CCC2CCCCN2)CC1. The monoisotopic (exact) mass is 266 g/mol. The lowest BCUT2D eigenvalue weighted by Crippen LogP contribution is -2.39. The Bertz CT molecular complexity index is 284. The third kappa shape index (κ3) is 4.48. The van der Waals surface area contributed by atoms with Crippen molar-refractivity contribution in [1.29, 1.82) is 0 Å². The fourth-order valence-electron chi connectivity index (χ4n) is 3.44. The van der Waals surface area contributed by atoms with Gasteiger partial charge in [0.2, 0.25) is 5.91 Å². The normalized spacial score (nSPS) is 29.6. The second-order valence-electron chi connectivity index (χ2n) is 6.65. The van der Waals surface area contributed by atoms with Crippen LogP contribution in [0.4, 0.5) is 0 Å². The van der Waals surface area contributed by atoms with E-state index in [1.807, 2.05) is 0 Å². The molecule has 0 aliphatic carbocycles. The summed E-state index contributed by atoms with van der Waals surface area (Å²) < 4.78 is 0. The van der Waals surface area contributed by atoms with E-state index < -0.39 is 0 Å². The van der Waals surface area contributed by atoms with Gasteiger partial charge in [-0.2, -0.15) is 0 Å². The van der Waals surface area contributed by atoms with Crippen molar-refractivity contribution in [2.45, 2.75) is 64.8 Å². The molecule has 0 radical (unpaired) electrons. The fourth-order valence-corrected chi connectivity index (χ4v) is 3.44. The molecule has 2 aliphatic rings. The number of hydrogen-bond acceptors (Lipinski definition) is 2. The predicted octanol–water partition coefficient (Wildman–Crippen LogP) is 2.80. The first-order valence-electron chi connectivity index (χ1n) is 8.18. The average molecular weight is 266 g/mol. The van der Waals surface area contributed by atoms with E-state index in [2.05, 4.69) is 24.1 Å². The van der Waals surface area contributed by atoms with Crippen LogP contribution in [0, 0.1) is 11.8 Å². The summed E-state index contributed by atoms with van der Waals surface area (Å²) in [5, 5.41) is 3.58. The van der Waals surface area contributed by atoms with Crippen LogP contribution >= 0.6 is 0 Å². The molecule has 0 aromatic heterocycles. The predicted molar refractivity (Wildman–Crippen MR) is 79.0 cm³/mol. The molecule has 2 atom stereocenters. The van der Waals surface area contributed by atoms with Gasteiger partial charge in [0, 0.05) is 25.6 Å². The third-order valence-corrected chi connectivity index (χ3v) is 4.95. The van der Waals surface area contributed by atoms with Crippen LogP contribution in [-0.2, 0) is 4.79 Å². The van der Waals surface area contributed by atoms with Crippen LogP contribution in [0.1, 0.15) is 58.8 Å². The van der Waals surface area contributed by atoms with Crippen molar-refractivity contribution in [3.8, 4) is 0 Å². The Balaban J connectivity index is 1.77. The van der Waals surface area contributed by atoms with Gasteiger partial charge in [0.1, 0.15) is 0 Å². The molecule has 110 valence electrons. The quantitative estimate of drug-likeness (QED) is 0.848. The number of rotatable bonds is 4. The first-order chi connectivity index (χ1) is 9.16. The molecule has 2 unspecified atom stereocenters. The van der Waals surface area contributed by atoms with Crippen molar-refractivity contribution in [2.75, 3.05) is 19.6 Å². The number of piperidine rings is 1. The van der Waals surface area contributed by atoms with Crippen molar-refractivity contribution in [3.63, 3.8) is 0 Å². The van der Waals surface area contributed by atoms with E-state index in [0.29, 0.717) is 17.9 Å². The Kier molecular flexibility index (Phi) is 5.68. The van der Waals surface area contributed by atoms with E-state index in [0.717, 1.165) is 44.8 Å². The van der Waals surface area contributed by atoms with Crippen LogP contribution in [-0.4, -0.2) is 36.5 Å². The molecule has 1 N–H and O–H groups in total. The molecule has 0 saturated carbocycles. The molecule has 2 rings (SSSR count). The number of hydrogen-bond donors (Lipinski definition) is 1. The van der Waals surface area contributed by atoms with Crippen molar-refractivity contribution < 1.29 is 4.79 Å². The van der Waals surface area contributed by atoms with Gasteiger partial charge in [-0.05, 0) is 50.5 Å². The topological polar surface area (TPSA) is 32.3 Å². The number of nitrogens with one attached hydrogen (secondary N) is 1. The lowest BCUT2D eigenvalue weighted by Gasteiger charge is -2.27. The standard InChI is InChI=1S/C16H30N2O/c1-13(2)14-6-7-16(19)18(11-8-14)12-9-15-5-3-4-10-17-15/h13-15,17H,3-12H2,1-2H3. The highest BCUT2D eigenvalue weighted by Gasteiger charge is 2.24. The average Bonchev–Trinajstić information content (AvgIpc) is 2.60. The van der Waals surface area contributed by atoms with Crippen LogP contribution in [0.5, 0.6) is 0 Å². The first kappa shape index (κ1) is 14.8. The Morgan fingerprint density at radius 1 is 1.26 bits per heavy atom. The van der Waals surface area contributed by atoms with Crippen LogP contribution in [0.25, 0.3) is 0 Å². The Hall–Kier alpha value is -0.570. The zero-order chi connectivity index (χ0) is 13.7. The van der Waals surface area contributed by atoms with Crippen molar-refractivity contribution in [3.05, 3.63) is 0 Å². The number of carbonyl (C=O) groups excluding carboxylic acids is 1. The number of nitrogens with zero attached hydrogens (tertiary/aromatic N) is 1. The molecule has 3 nitrogen and oxygen atoms in total. The van der Waals surface area contributed by atoms with Crippen LogP contribution in [0.2, 0.25) is 0 Å². The Morgan fingerprint density at radius 2 is 2.11 bits per heavy atom. The number of carbonyl (C=O) groups is 1. The maximum Gasteiger partial charge on any atom is 0.222 e. The minimum Gasteiger partial charge on any atom is -0.343 e. The smallest absolute Gasteiger partial charge is 0.222 e. The molecular weight excluding hydrogens is 236 g/mol. The van der Waals surface area contributed by atoms with Crippen LogP contribution in [0.3, 0.4) is 0 Å². The van der Waals surface area contributed by atoms with Gasteiger partial charge in [0.15, 0.2) is 0 Å². The molecule has 3 heteroatoms. The largest absolute Gasteiger partial charge is 0.343 e. The summed E-state index contributed by atoms with van der Waals surface area (Å²) in [7, 11) is 0. The zero-order valence-corrected chi connectivity index (χ0v) is 12.7. The zero-order valence-electron chi connectivity index (χ0n) is 12.7. The van der Waals surface area contributed by atoms with E-state index >= 15 is 0 Å². The van der Waals surface area contributed by atoms with Gasteiger partial charge >= 0.3 is 0 Å². The number of amides is 1. The molecule has 2 fully saturated rings. The maximum absolute atomic E-state index is 12.2. The van der Waals surface area contributed by atoms with Crippen molar-refractivity contribution in [2.24, 2.45) is 11.8 Å². The second-order valence-corrected chi connectivity index (χ2v) is 6.65. The summed E-state index contributed by atoms with van der Waals surface area (Å²) in [5.74, 6) is 1.84. The van der Waals surface area contributed by atoms with E-state index in [4.69, 9.17) is 0 Å². The van der Waals surface area contributed by atoms with E-state index in [1.54, 1.807) is 0 Å². The van der Waals surface area contributed by atoms with Gasteiger partial charge in [-0.1, -0.05) is 20.3 Å². The van der Waals surface area contributed by atoms with E-state index in [-0.39, 0.29) is 0 Å². The fraction of sp³-hybridized carbons (Fsp3) is 0.938. The minimum atomic E-state index is 0.388. The maximum atomic E-state index is 12.2. The molecule has 2 saturated heterocycles. The van der Waals surface area contributed by atoms with Crippen LogP contribution in [0.15, 0.2) is 0 Å². The lowest BCUT2D eigenvalue weighted by molar-refractivity contribution is -0.130. The molecule has 2 aliphatic heterocycles. The van der Waals surface area contributed by atoms with Crippen molar-refractivity contribution >= 4 is 5.91 Å². The summed E-state index contributed by atoms with van der Waals surface area (Å²) in [6.07, 6.45) is 8.14. The summed E-state index contributed by atoms with van der Waals surface area (Å²) in [6.45, 7) is 7.68. The van der Waals surface area contributed by atoms with Gasteiger partial charge in [-0.15, -0.1) is 0 Å². The van der Waals surface area contributed by atoms with E-state index in [1.165, 1.54) is 25.7 Å². The Morgan fingerprint density at radius 3 is 2.79 bits per heavy atom. The molecule has 0 aromatic rings. The van der Waals surface area contributed by atoms with Gasteiger partial charge in [0.25, 0.3) is 0 Å². The van der Waals surface area contributed by atoms with Gasteiger partial charge in [-0.25, -0.2) is 0 Å². The second kappa shape index (κ2) is 7.28. The lowest BCUT2D eigenvalue weighted by atomic mass is 9.89. The summed E-state index contributed by atoms with van der Waals surface area (Å²) in [4.78, 5) is 14.3. The summed E-state index contributed by atoms with van der Waals surface area (Å²) >= 11 is 0. The Labute approximate surface area is 118 Å². The highest BCUT2D eigenvalue weighted by molar-refractivity contribution is 5.76. The van der Waals surface area contributed by atoms with Gasteiger partial charge < -0.3 is 10.2 Å². The molecule has 2 heterocycles. The highest BCUT2D eigenvalue weighted by Crippen LogP contribution is 2.25. The third-order valence-electron chi connectivity index (χ3n) is 4.95. The van der Waals surface area contributed by atoms with Gasteiger partial charge in [0.05, 0.1) is 0 Å². The summed E-state index contributed by atoms with van der Waals surface area (Å²) in [5.41, 5.74) is 0.